The lowest BCUT2D eigenvalue weighted by Gasteiger charge is -2.16. The van der Waals surface area contributed by atoms with Crippen molar-refractivity contribution in [2.75, 3.05) is 24.8 Å². The highest BCUT2D eigenvalue weighted by Gasteiger charge is 2.25. The quantitative estimate of drug-likeness (QED) is 0.496. The van der Waals surface area contributed by atoms with Crippen LogP contribution < -0.4 is 10.6 Å². The number of anilines is 2. The highest BCUT2D eigenvalue weighted by molar-refractivity contribution is 7.89. The average Bonchev–Trinajstić information content (AvgIpc) is 3.28. The van der Waals surface area contributed by atoms with Crippen molar-refractivity contribution in [1.29, 1.82) is 0 Å². The van der Waals surface area contributed by atoms with Gasteiger partial charge in [-0.2, -0.15) is 0 Å². The summed E-state index contributed by atoms with van der Waals surface area (Å²) < 4.78 is 25.7. The van der Waals surface area contributed by atoms with Crippen molar-refractivity contribution in [1.82, 2.24) is 4.47 Å². The van der Waals surface area contributed by atoms with Crippen LogP contribution in [0.5, 0.6) is 0 Å². The molecule has 0 aliphatic heterocycles. The van der Waals surface area contributed by atoms with Crippen molar-refractivity contribution in [2.45, 2.75) is 4.90 Å². The number of carbonyl (C=O) groups excluding carboxylic acids is 2. The van der Waals surface area contributed by atoms with Gasteiger partial charge in [-0.1, -0.05) is 28.2 Å². The van der Waals surface area contributed by atoms with Gasteiger partial charge in [-0.25, -0.2) is 8.42 Å². The standard InChI is InChI=1S/C20H18ClN3O5S2/c1-24(29-2)31(27,28)18-11-13(8-9-16(18)21)19(25)22-14-5-3-6-15(12-14)23-20(26)17-7-4-10-30-17/h3-12H,1-2H3,(H,22,25)(H,23,26). The maximum atomic E-state index is 12.7. The minimum atomic E-state index is -4.04. The van der Waals surface area contributed by atoms with Gasteiger partial charge < -0.3 is 10.6 Å². The van der Waals surface area contributed by atoms with E-state index in [1.807, 2.05) is 0 Å². The van der Waals surface area contributed by atoms with E-state index in [0.717, 1.165) is 0 Å². The molecule has 3 aromatic rings. The van der Waals surface area contributed by atoms with Crippen LogP contribution >= 0.6 is 22.9 Å². The molecule has 0 atom stereocenters. The molecule has 2 N–H and O–H groups in total. The van der Waals surface area contributed by atoms with Gasteiger partial charge in [-0.3, -0.25) is 14.4 Å². The van der Waals surface area contributed by atoms with Crippen LogP contribution in [0.1, 0.15) is 20.0 Å². The SMILES string of the molecule is CON(C)S(=O)(=O)c1cc(C(=O)Nc2cccc(NC(=O)c3cccs3)c2)ccc1Cl. The van der Waals surface area contributed by atoms with Crippen molar-refractivity contribution in [3.8, 4) is 0 Å². The number of hydroxylamine groups is 1. The van der Waals surface area contributed by atoms with E-state index in [2.05, 4.69) is 10.6 Å². The normalized spacial score (nSPS) is 11.4. The van der Waals surface area contributed by atoms with Crippen LogP contribution in [-0.2, 0) is 14.9 Å². The molecule has 0 aliphatic rings. The molecule has 1 heterocycles. The number of thiophene rings is 1. The first-order chi connectivity index (χ1) is 14.7. The third kappa shape index (κ3) is 5.30. The lowest BCUT2D eigenvalue weighted by Crippen LogP contribution is -2.26. The van der Waals surface area contributed by atoms with Gasteiger partial charge in [0.05, 0.1) is 17.0 Å². The molecule has 0 fully saturated rings. The Hall–Kier alpha value is -2.76. The van der Waals surface area contributed by atoms with Gasteiger partial charge in [0, 0.05) is 24.0 Å². The Morgan fingerprint density at radius 1 is 1.00 bits per heavy atom. The van der Waals surface area contributed by atoms with Gasteiger partial charge in [0.1, 0.15) is 4.90 Å². The molecule has 1 aromatic heterocycles. The number of rotatable bonds is 7. The van der Waals surface area contributed by atoms with E-state index in [4.69, 9.17) is 16.4 Å². The molecule has 0 unspecified atom stereocenters. The van der Waals surface area contributed by atoms with Crippen LogP contribution in [0.2, 0.25) is 5.02 Å². The Morgan fingerprint density at radius 3 is 2.29 bits per heavy atom. The summed E-state index contributed by atoms with van der Waals surface area (Å²) in [5, 5.41) is 7.19. The first kappa shape index (κ1) is 22.9. The number of amides is 2. The number of hydrogen-bond acceptors (Lipinski definition) is 6. The Bertz CT molecular complexity index is 1210. The predicted octanol–water partition coefficient (Wildman–Crippen LogP) is 4.09. The molecule has 2 aromatic carbocycles. The van der Waals surface area contributed by atoms with Gasteiger partial charge in [-0.15, -0.1) is 11.3 Å². The number of hydrogen-bond donors (Lipinski definition) is 2. The zero-order valence-corrected chi connectivity index (χ0v) is 18.8. The van der Waals surface area contributed by atoms with E-state index in [9.17, 15) is 18.0 Å². The van der Waals surface area contributed by atoms with Gasteiger partial charge in [0.25, 0.3) is 21.8 Å². The number of benzene rings is 2. The van der Waals surface area contributed by atoms with Crippen LogP contribution in [-0.4, -0.2) is 38.9 Å². The summed E-state index contributed by atoms with van der Waals surface area (Å²) in [6, 6.07) is 14.0. The largest absolute Gasteiger partial charge is 0.322 e. The third-order valence-electron chi connectivity index (χ3n) is 4.19. The van der Waals surface area contributed by atoms with Crippen molar-refractivity contribution in [3.05, 3.63) is 75.4 Å². The van der Waals surface area contributed by atoms with E-state index in [1.165, 1.54) is 43.7 Å². The maximum Gasteiger partial charge on any atom is 0.266 e. The van der Waals surface area contributed by atoms with Crippen LogP contribution in [0.25, 0.3) is 0 Å². The molecular formula is C20H18ClN3O5S2. The monoisotopic (exact) mass is 479 g/mol. The van der Waals surface area contributed by atoms with Crippen molar-refractivity contribution in [3.63, 3.8) is 0 Å². The van der Waals surface area contributed by atoms with Gasteiger partial charge in [-0.05, 0) is 47.8 Å². The molecule has 0 aliphatic carbocycles. The zero-order chi connectivity index (χ0) is 22.6. The van der Waals surface area contributed by atoms with Crippen LogP contribution in [0, 0.1) is 0 Å². The topological polar surface area (TPSA) is 105 Å². The van der Waals surface area contributed by atoms with E-state index >= 15 is 0 Å². The van der Waals surface area contributed by atoms with Gasteiger partial charge in [0.2, 0.25) is 0 Å². The van der Waals surface area contributed by atoms with E-state index < -0.39 is 15.9 Å². The second-order valence-corrected chi connectivity index (χ2v) is 9.47. The van der Waals surface area contributed by atoms with Crippen LogP contribution in [0.4, 0.5) is 11.4 Å². The van der Waals surface area contributed by atoms with E-state index in [-0.39, 0.29) is 21.4 Å². The van der Waals surface area contributed by atoms with Gasteiger partial charge >= 0.3 is 0 Å². The highest BCUT2D eigenvalue weighted by Crippen LogP contribution is 2.26. The minimum Gasteiger partial charge on any atom is -0.322 e. The summed E-state index contributed by atoms with van der Waals surface area (Å²) >= 11 is 7.34. The fourth-order valence-corrected chi connectivity index (χ4v) is 4.65. The van der Waals surface area contributed by atoms with Crippen molar-refractivity contribution in [2.24, 2.45) is 0 Å². The molecule has 162 valence electrons. The summed E-state index contributed by atoms with van der Waals surface area (Å²) in [4.78, 5) is 29.9. The molecule has 0 saturated carbocycles. The van der Waals surface area contributed by atoms with Crippen LogP contribution in [0.15, 0.2) is 64.9 Å². The Kier molecular flexibility index (Phi) is 7.08. The fourth-order valence-electron chi connectivity index (χ4n) is 2.56. The van der Waals surface area contributed by atoms with E-state index in [0.29, 0.717) is 20.7 Å². The summed E-state index contributed by atoms with van der Waals surface area (Å²) in [6.07, 6.45) is 0. The second-order valence-electron chi connectivity index (χ2n) is 6.21. The van der Waals surface area contributed by atoms with E-state index in [1.54, 1.807) is 41.8 Å². The predicted molar refractivity (Wildman–Crippen MR) is 120 cm³/mol. The third-order valence-corrected chi connectivity index (χ3v) is 7.22. The highest BCUT2D eigenvalue weighted by atomic mass is 35.5. The first-order valence-corrected chi connectivity index (χ1v) is 11.5. The fraction of sp³-hybridized carbons (Fsp3) is 0.100. The summed E-state index contributed by atoms with van der Waals surface area (Å²) in [7, 11) is -1.62. The zero-order valence-electron chi connectivity index (χ0n) is 16.5. The molecule has 31 heavy (non-hydrogen) atoms. The Labute approximate surface area is 188 Å². The molecule has 11 heteroatoms. The Morgan fingerprint density at radius 2 is 1.68 bits per heavy atom. The molecule has 3 rings (SSSR count). The molecule has 0 radical (unpaired) electrons. The van der Waals surface area contributed by atoms with Crippen molar-refractivity contribution < 1.29 is 22.8 Å². The lowest BCUT2D eigenvalue weighted by atomic mass is 10.2. The Balaban J connectivity index is 1.79. The summed E-state index contributed by atoms with van der Waals surface area (Å²) in [5.74, 6) is -0.803. The second kappa shape index (κ2) is 9.58. The number of nitrogens with one attached hydrogen (secondary N) is 2. The maximum absolute atomic E-state index is 12.7. The lowest BCUT2D eigenvalue weighted by molar-refractivity contribution is -0.0258. The smallest absolute Gasteiger partial charge is 0.266 e. The van der Waals surface area contributed by atoms with Crippen LogP contribution in [0.3, 0.4) is 0 Å². The summed E-state index contributed by atoms with van der Waals surface area (Å²) in [5.41, 5.74) is 1.00. The first-order valence-electron chi connectivity index (χ1n) is 8.81. The molecular weight excluding hydrogens is 462 g/mol. The molecule has 8 nitrogen and oxygen atoms in total. The molecule has 0 spiro atoms. The average molecular weight is 480 g/mol. The molecule has 2 amide bonds. The van der Waals surface area contributed by atoms with Gasteiger partial charge in [0.15, 0.2) is 0 Å². The molecule has 0 bridgehead atoms. The number of halogens is 1. The molecule has 0 saturated heterocycles. The van der Waals surface area contributed by atoms with Crippen molar-refractivity contribution >= 4 is 56.2 Å². The number of sulfonamides is 1. The number of carbonyl (C=O) groups is 2. The summed E-state index contributed by atoms with van der Waals surface area (Å²) in [6.45, 7) is 0. The number of nitrogens with zero attached hydrogens (tertiary/aromatic N) is 1. The minimum absolute atomic E-state index is 0.0428.